The number of carbonyl (C=O) groups is 2. The van der Waals surface area contributed by atoms with Gasteiger partial charge in [0.15, 0.2) is 0 Å². The molecule has 0 aliphatic heterocycles. The number of aromatic nitrogens is 1. The van der Waals surface area contributed by atoms with Crippen molar-refractivity contribution in [3.05, 3.63) is 15.9 Å². The monoisotopic (exact) mass is 216 g/mol. The van der Waals surface area contributed by atoms with Gasteiger partial charge in [-0.2, -0.15) is 9.72 Å². The Bertz CT molecular complexity index is 406. The van der Waals surface area contributed by atoms with Crippen molar-refractivity contribution < 1.29 is 19.5 Å². The van der Waals surface area contributed by atoms with Crippen molar-refractivity contribution in [3.8, 4) is 0 Å². The molecule has 0 aliphatic rings. The molecular weight excluding hydrogens is 208 g/mol. The van der Waals surface area contributed by atoms with Crippen molar-refractivity contribution in [3.63, 3.8) is 0 Å². The number of hydrogen-bond donors (Lipinski definition) is 1. The third kappa shape index (κ3) is 2.43. The van der Waals surface area contributed by atoms with Gasteiger partial charge in [0.25, 0.3) is 6.47 Å². The normalized spacial score (nSPS) is 11.4. The Balaban J connectivity index is 2.96. The Kier molecular flexibility index (Phi) is 3.41. The summed E-state index contributed by atoms with van der Waals surface area (Å²) in [6.45, 7) is 1.50. The SMILES string of the molecule is CC(=O)/N=c1\scc(COC=O)n1O. The second-order valence-electron chi connectivity index (χ2n) is 2.36. The molecule has 1 heterocycles. The Morgan fingerprint density at radius 2 is 2.57 bits per heavy atom. The first kappa shape index (κ1) is 10.5. The summed E-state index contributed by atoms with van der Waals surface area (Å²) in [7, 11) is 0. The highest BCUT2D eigenvalue weighted by molar-refractivity contribution is 7.07. The minimum atomic E-state index is -0.405. The molecule has 76 valence electrons. The minimum Gasteiger partial charge on any atom is -0.461 e. The van der Waals surface area contributed by atoms with E-state index in [1.54, 1.807) is 5.38 Å². The highest BCUT2D eigenvalue weighted by Gasteiger charge is 2.04. The van der Waals surface area contributed by atoms with E-state index in [2.05, 4.69) is 9.73 Å². The average molecular weight is 216 g/mol. The first-order chi connectivity index (χ1) is 6.65. The largest absolute Gasteiger partial charge is 0.461 e. The lowest BCUT2D eigenvalue weighted by atomic mass is 10.5. The predicted molar refractivity (Wildman–Crippen MR) is 46.6 cm³/mol. The maximum absolute atomic E-state index is 10.6. The van der Waals surface area contributed by atoms with Crippen LogP contribution in [0.1, 0.15) is 12.6 Å². The van der Waals surface area contributed by atoms with E-state index in [0.717, 1.165) is 16.1 Å². The van der Waals surface area contributed by atoms with Crippen LogP contribution in [0.2, 0.25) is 0 Å². The molecule has 0 radical (unpaired) electrons. The van der Waals surface area contributed by atoms with Crippen LogP contribution in [-0.4, -0.2) is 22.3 Å². The van der Waals surface area contributed by atoms with Crippen LogP contribution >= 0.6 is 11.3 Å². The maximum atomic E-state index is 10.6. The van der Waals surface area contributed by atoms with E-state index >= 15 is 0 Å². The summed E-state index contributed by atoms with van der Waals surface area (Å²) in [6, 6.07) is 0. The van der Waals surface area contributed by atoms with Crippen LogP contribution in [0.3, 0.4) is 0 Å². The quantitative estimate of drug-likeness (QED) is 0.565. The zero-order chi connectivity index (χ0) is 10.6. The second kappa shape index (κ2) is 4.56. The first-order valence-electron chi connectivity index (χ1n) is 3.64. The fraction of sp³-hybridized carbons (Fsp3) is 0.286. The molecule has 0 atom stereocenters. The lowest BCUT2D eigenvalue weighted by Gasteiger charge is -1.97. The van der Waals surface area contributed by atoms with Gasteiger partial charge in [0.1, 0.15) is 12.3 Å². The molecule has 0 saturated heterocycles. The number of ether oxygens (including phenoxy) is 1. The molecule has 1 rings (SSSR count). The van der Waals surface area contributed by atoms with Crippen LogP contribution in [0.4, 0.5) is 0 Å². The molecule has 0 saturated carbocycles. The van der Waals surface area contributed by atoms with Crippen LogP contribution in [-0.2, 0) is 20.9 Å². The van der Waals surface area contributed by atoms with E-state index in [4.69, 9.17) is 0 Å². The summed E-state index contributed by atoms with van der Waals surface area (Å²) < 4.78 is 5.16. The van der Waals surface area contributed by atoms with E-state index in [1.807, 2.05) is 0 Å². The zero-order valence-electron chi connectivity index (χ0n) is 7.34. The molecule has 1 N–H and O–H groups in total. The molecule has 1 amide bonds. The summed E-state index contributed by atoms with van der Waals surface area (Å²) in [5, 5.41) is 10.9. The van der Waals surface area contributed by atoms with E-state index in [0.29, 0.717) is 5.69 Å². The molecule has 0 aliphatic carbocycles. The number of rotatable bonds is 3. The predicted octanol–water partition coefficient (Wildman–Crippen LogP) is -0.0929. The van der Waals surface area contributed by atoms with Gasteiger partial charge in [-0.25, -0.2) is 0 Å². The third-order valence-corrected chi connectivity index (χ3v) is 2.17. The highest BCUT2D eigenvalue weighted by Crippen LogP contribution is 2.00. The molecule has 0 fully saturated rings. The molecule has 0 aromatic carbocycles. The van der Waals surface area contributed by atoms with Gasteiger partial charge in [-0.1, -0.05) is 0 Å². The molecule has 0 bridgehead atoms. The van der Waals surface area contributed by atoms with Gasteiger partial charge in [-0.05, 0) is 0 Å². The average Bonchev–Trinajstić information content (AvgIpc) is 2.45. The fourth-order valence-corrected chi connectivity index (χ4v) is 1.57. The van der Waals surface area contributed by atoms with Crippen molar-refractivity contribution in [2.24, 2.45) is 4.99 Å². The fourth-order valence-electron chi connectivity index (χ4n) is 0.766. The number of nitrogens with zero attached hydrogens (tertiary/aromatic N) is 2. The summed E-state index contributed by atoms with van der Waals surface area (Å²) in [5.74, 6) is -0.405. The van der Waals surface area contributed by atoms with Gasteiger partial charge in [0.2, 0.25) is 10.7 Å². The van der Waals surface area contributed by atoms with Crippen LogP contribution in [0.25, 0.3) is 0 Å². The molecule has 14 heavy (non-hydrogen) atoms. The van der Waals surface area contributed by atoms with Crippen LogP contribution < -0.4 is 4.80 Å². The Labute approximate surface area is 83.0 Å². The topological polar surface area (TPSA) is 80.9 Å². The number of hydrogen-bond acceptors (Lipinski definition) is 5. The van der Waals surface area contributed by atoms with Gasteiger partial charge in [0.05, 0.1) is 0 Å². The summed E-state index contributed by atoms with van der Waals surface area (Å²) >= 11 is 1.08. The van der Waals surface area contributed by atoms with Gasteiger partial charge in [-0.15, -0.1) is 11.3 Å². The lowest BCUT2D eigenvalue weighted by molar-refractivity contribution is -0.130. The van der Waals surface area contributed by atoms with E-state index in [-0.39, 0.29) is 17.9 Å². The van der Waals surface area contributed by atoms with Crippen LogP contribution in [0.15, 0.2) is 10.4 Å². The van der Waals surface area contributed by atoms with Crippen molar-refractivity contribution >= 4 is 23.7 Å². The van der Waals surface area contributed by atoms with Gasteiger partial charge in [-0.3, -0.25) is 9.59 Å². The standard InChI is InChI=1S/C7H8N2O4S/c1-5(11)8-7-9(12)6(3-14-7)2-13-4-10/h3-4,12H,2H2,1H3/b8-7-. The third-order valence-electron chi connectivity index (χ3n) is 1.31. The number of amides is 1. The Morgan fingerprint density at radius 3 is 3.14 bits per heavy atom. The molecular formula is C7H8N2O4S. The summed E-state index contributed by atoms with van der Waals surface area (Å²) in [5.41, 5.74) is 0.363. The molecule has 6 nitrogen and oxygen atoms in total. The zero-order valence-corrected chi connectivity index (χ0v) is 8.15. The van der Waals surface area contributed by atoms with E-state index in [1.165, 1.54) is 6.92 Å². The number of carbonyl (C=O) groups excluding carboxylic acids is 2. The van der Waals surface area contributed by atoms with Crippen LogP contribution in [0.5, 0.6) is 0 Å². The van der Waals surface area contributed by atoms with E-state index in [9.17, 15) is 14.8 Å². The first-order valence-corrected chi connectivity index (χ1v) is 4.52. The lowest BCUT2D eigenvalue weighted by Crippen LogP contribution is -2.16. The van der Waals surface area contributed by atoms with Crippen molar-refractivity contribution in [2.75, 3.05) is 0 Å². The van der Waals surface area contributed by atoms with Crippen molar-refractivity contribution in [2.45, 2.75) is 13.5 Å². The van der Waals surface area contributed by atoms with E-state index < -0.39 is 5.91 Å². The maximum Gasteiger partial charge on any atom is 0.293 e. The molecule has 1 aromatic heterocycles. The molecule has 0 spiro atoms. The van der Waals surface area contributed by atoms with Gasteiger partial charge < -0.3 is 9.94 Å². The van der Waals surface area contributed by atoms with Gasteiger partial charge in [0, 0.05) is 12.3 Å². The number of thiazole rings is 1. The second-order valence-corrected chi connectivity index (χ2v) is 3.20. The Morgan fingerprint density at radius 1 is 1.86 bits per heavy atom. The molecule has 1 aromatic rings. The smallest absolute Gasteiger partial charge is 0.293 e. The summed E-state index contributed by atoms with van der Waals surface area (Å²) in [4.78, 5) is 24.2. The van der Waals surface area contributed by atoms with Gasteiger partial charge >= 0.3 is 0 Å². The summed E-state index contributed by atoms with van der Waals surface area (Å²) in [6.07, 6.45) is 0. The van der Waals surface area contributed by atoms with Crippen LogP contribution in [0, 0.1) is 0 Å². The van der Waals surface area contributed by atoms with Crippen molar-refractivity contribution in [1.29, 1.82) is 0 Å². The Hall–Kier alpha value is -1.63. The molecule has 7 heteroatoms. The van der Waals surface area contributed by atoms with Crippen molar-refractivity contribution in [1.82, 2.24) is 4.73 Å². The highest BCUT2D eigenvalue weighted by atomic mass is 32.1. The minimum absolute atomic E-state index is 0.0517. The molecule has 0 unspecified atom stereocenters.